The second-order valence-corrected chi connectivity index (χ2v) is 6.67. The highest BCUT2D eigenvalue weighted by Gasteiger charge is 2.26. The van der Waals surface area contributed by atoms with E-state index in [1.807, 2.05) is 13.8 Å². The van der Waals surface area contributed by atoms with Crippen molar-refractivity contribution in [3.8, 4) is 0 Å². The molecule has 7 heteroatoms. The van der Waals surface area contributed by atoms with E-state index in [1.165, 1.54) is 0 Å². The third-order valence-corrected chi connectivity index (χ3v) is 4.12. The molecule has 1 aliphatic rings. The second-order valence-electron chi connectivity index (χ2n) is 6.67. The Hall–Kier alpha value is -2.57. The molecule has 1 saturated heterocycles. The topological polar surface area (TPSA) is 79.0 Å². The Balaban J connectivity index is 2.02. The summed E-state index contributed by atoms with van der Waals surface area (Å²) >= 11 is 0. The number of nitrogens with one attached hydrogen (secondary N) is 1. The zero-order valence-corrected chi connectivity index (χ0v) is 15.7. The smallest absolute Gasteiger partial charge is 0.409 e. The molecule has 1 heterocycles. The van der Waals surface area contributed by atoms with E-state index in [0.717, 1.165) is 0 Å². The van der Waals surface area contributed by atoms with Crippen molar-refractivity contribution in [1.82, 2.24) is 9.80 Å². The van der Waals surface area contributed by atoms with Crippen molar-refractivity contribution in [2.45, 2.75) is 27.2 Å². The van der Waals surface area contributed by atoms with Gasteiger partial charge in [0.1, 0.15) is 0 Å². The summed E-state index contributed by atoms with van der Waals surface area (Å²) in [5, 5.41) is 2.83. The van der Waals surface area contributed by atoms with Gasteiger partial charge in [0.05, 0.1) is 17.9 Å². The average molecular weight is 361 g/mol. The lowest BCUT2D eigenvalue weighted by Gasteiger charge is -2.34. The van der Waals surface area contributed by atoms with Crippen molar-refractivity contribution in [2.24, 2.45) is 5.92 Å². The van der Waals surface area contributed by atoms with Crippen LogP contribution in [-0.2, 0) is 9.53 Å². The fraction of sp³-hybridized carbons (Fsp3) is 0.526. The van der Waals surface area contributed by atoms with Crippen LogP contribution in [0.25, 0.3) is 0 Å². The van der Waals surface area contributed by atoms with Crippen LogP contribution < -0.4 is 5.32 Å². The molecular weight excluding hydrogens is 334 g/mol. The molecule has 26 heavy (non-hydrogen) atoms. The number of carbonyl (C=O) groups excluding carboxylic acids is 3. The quantitative estimate of drug-likeness (QED) is 0.874. The fourth-order valence-corrected chi connectivity index (χ4v) is 2.83. The molecule has 3 amide bonds. The van der Waals surface area contributed by atoms with Crippen molar-refractivity contribution >= 4 is 23.6 Å². The number of para-hydroxylation sites is 1. The summed E-state index contributed by atoms with van der Waals surface area (Å²) in [6.07, 6.45) is 0.0572. The van der Waals surface area contributed by atoms with Crippen molar-refractivity contribution in [2.75, 3.05) is 38.1 Å². The average Bonchev–Trinajstić information content (AvgIpc) is 2.61. The summed E-state index contributed by atoms with van der Waals surface area (Å²) in [4.78, 5) is 40.0. The second kappa shape index (κ2) is 9.22. The first-order valence-electron chi connectivity index (χ1n) is 9.02. The molecule has 0 saturated carbocycles. The van der Waals surface area contributed by atoms with Crippen LogP contribution in [0.1, 0.15) is 37.6 Å². The predicted octanol–water partition coefficient (Wildman–Crippen LogP) is 2.59. The van der Waals surface area contributed by atoms with Gasteiger partial charge >= 0.3 is 6.09 Å². The van der Waals surface area contributed by atoms with Gasteiger partial charge < -0.3 is 19.9 Å². The van der Waals surface area contributed by atoms with Gasteiger partial charge in [-0.25, -0.2) is 4.79 Å². The molecule has 1 fully saturated rings. The third-order valence-electron chi connectivity index (χ3n) is 4.12. The molecule has 2 rings (SSSR count). The Morgan fingerprint density at radius 1 is 1.08 bits per heavy atom. The number of benzene rings is 1. The minimum Gasteiger partial charge on any atom is -0.450 e. The molecule has 0 unspecified atom stereocenters. The summed E-state index contributed by atoms with van der Waals surface area (Å²) in [7, 11) is 0. The van der Waals surface area contributed by atoms with Crippen molar-refractivity contribution in [3.05, 3.63) is 29.8 Å². The summed E-state index contributed by atoms with van der Waals surface area (Å²) in [5.41, 5.74) is 0.991. The summed E-state index contributed by atoms with van der Waals surface area (Å²) in [6, 6.07) is 7.02. The van der Waals surface area contributed by atoms with Crippen molar-refractivity contribution in [1.29, 1.82) is 0 Å². The summed E-state index contributed by atoms with van der Waals surface area (Å²) in [6.45, 7) is 7.79. The Morgan fingerprint density at radius 3 is 2.31 bits per heavy atom. The highest BCUT2D eigenvalue weighted by Crippen LogP contribution is 2.19. The number of rotatable bonds is 5. The number of anilines is 1. The van der Waals surface area contributed by atoms with Crippen LogP contribution in [0.3, 0.4) is 0 Å². The van der Waals surface area contributed by atoms with Gasteiger partial charge in [-0.05, 0) is 25.0 Å². The van der Waals surface area contributed by atoms with Crippen molar-refractivity contribution in [3.63, 3.8) is 0 Å². The first-order valence-corrected chi connectivity index (χ1v) is 9.02. The maximum absolute atomic E-state index is 12.9. The zero-order valence-electron chi connectivity index (χ0n) is 15.7. The Kier molecular flexibility index (Phi) is 7.00. The SMILES string of the molecule is CCOC(=O)N1CCN(C(=O)c2ccccc2NC(=O)CC(C)C)CC1. The van der Waals surface area contributed by atoms with Crippen LogP contribution in [0.4, 0.5) is 10.5 Å². The lowest BCUT2D eigenvalue weighted by Crippen LogP contribution is -2.50. The van der Waals surface area contributed by atoms with Crippen LogP contribution >= 0.6 is 0 Å². The maximum atomic E-state index is 12.9. The standard InChI is InChI=1S/C19H27N3O4/c1-4-26-19(25)22-11-9-21(10-12-22)18(24)15-7-5-6-8-16(15)20-17(23)13-14(2)3/h5-8,14H,4,9-13H2,1-3H3,(H,20,23). The molecule has 0 aromatic heterocycles. The first kappa shape index (κ1) is 19.8. The molecule has 0 atom stereocenters. The van der Waals surface area contributed by atoms with Gasteiger partial charge in [0.25, 0.3) is 5.91 Å². The molecule has 1 aliphatic heterocycles. The van der Waals surface area contributed by atoms with E-state index in [1.54, 1.807) is 41.0 Å². The number of hydrogen-bond acceptors (Lipinski definition) is 4. The molecule has 142 valence electrons. The summed E-state index contributed by atoms with van der Waals surface area (Å²) in [5.74, 6) is -0.00449. The van der Waals surface area contributed by atoms with E-state index in [0.29, 0.717) is 50.5 Å². The van der Waals surface area contributed by atoms with Gasteiger partial charge in [-0.15, -0.1) is 0 Å². The van der Waals surface area contributed by atoms with Gasteiger partial charge in [0.15, 0.2) is 0 Å². The van der Waals surface area contributed by atoms with Gasteiger partial charge in [-0.3, -0.25) is 9.59 Å². The van der Waals surface area contributed by atoms with Gasteiger partial charge in [-0.1, -0.05) is 26.0 Å². The summed E-state index contributed by atoms with van der Waals surface area (Å²) < 4.78 is 4.99. The molecule has 0 spiro atoms. The lowest BCUT2D eigenvalue weighted by molar-refractivity contribution is -0.116. The van der Waals surface area contributed by atoms with Gasteiger partial charge in [0.2, 0.25) is 5.91 Å². The van der Waals surface area contributed by atoms with Crippen LogP contribution in [0.15, 0.2) is 24.3 Å². The van der Waals surface area contributed by atoms with Crippen LogP contribution in [-0.4, -0.2) is 60.5 Å². The van der Waals surface area contributed by atoms with Crippen LogP contribution in [0.2, 0.25) is 0 Å². The highest BCUT2D eigenvalue weighted by molar-refractivity contribution is 6.03. The zero-order chi connectivity index (χ0) is 19.1. The highest BCUT2D eigenvalue weighted by atomic mass is 16.6. The number of carbonyl (C=O) groups is 3. The molecule has 0 radical (unpaired) electrons. The van der Waals surface area contributed by atoms with Gasteiger partial charge in [0, 0.05) is 32.6 Å². The first-order chi connectivity index (χ1) is 12.4. The Labute approximate surface area is 154 Å². The predicted molar refractivity (Wildman–Crippen MR) is 99.0 cm³/mol. The van der Waals surface area contributed by atoms with E-state index in [-0.39, 0.29) is 23.8 Å². The maximum Gasteiger partial charge on any atom is 0.409 e. The number of hydrogen-bond donors (Lipinski definition) is 1. The molecule has 1 aromatic carbocycles. The van der Waals surface area contributed by atoms with E-state index >= 15 is 0 Å². The Bertz CT molecular complexity index is 652. The van der Waals surface area contributed by atoms with Crippen LogP contribution in [0.5, 0.6) is 0 Å². The molecule has 7 nitrogen and oxygen atoms in total. The number of piperazine rings is 1. The van der Waals surface area contributed by atoms with Gasteiger partial charge in [-0.2, -0.15) is 0 Å². The molecular formula is C19H27N3O4. The molecule has 0 bridgehead atoms. The normalized spacial score (nSPS) is 14.3. The molecule has 1 aromatic rings. The number of nitrogens with zero attached hydrogens (tertiary/aromatic N) is 2. The lowest BCUT2D eigenvalue weighted by atomic mass is 10.1. The minimum atomic E-state index is -0.346. The van der Waals surface area contributed by atoms with Crippen molar-refractivity contribution < 1.29 is 19.1 Å². The van der Waals surface area contributed by atoms with Crippen LogP contribution in [0, 0.1) is 5.92 Å². The van der Waals surface area contributed by atoms with E-state index in [4.69, 9.17) is 4.74 Å². The Morgan fingerprint density at radius 2 is 1.69 bits per heavy atom. The monoisotopic (exact) mass is 361 g/mol. The molecule has 1 N–H and O–H groups in total. The van der Waals surface area contributed by atoms with E-state index in [9.17, 15) is 14.4 Å². The number of amides is 3. The number of ether oxygens (including phenoxy) is 1. The van der Waals surface area contributed by atoms with E-state index < -0.39 is 0 Å². The van der Waals surface area contributed by atoms with E-state index in [2.05, 4.69) is 5.32 Å². The largest absolute Gasteiger partial charge is 0.450 e. The minimum absolute atomic E-state index is 0.104. The molecule has 0 aliphatic carbocycles. The third kappa shape index (κ3) is 5.21. The fourth-order valence-electron chi connectivity index (χ4n) is 2.83.